The van der Waals surface area contributed by atoms with E-state index in [4.69, 9.17) is 4.98 Å². The summed E-state index contributed by atoms with van der Waals surface area (Å²) in [6.45, 7) is 5.65. The summed E-state index contributed by atoms with van der Waals surface area (Å²) in [5, 5.41) is 0. The molecule has 142 valence electrons. The fraction of sp³-hybridized carbons (Fsp3) is 0.348. The highest BCUT2D eigenvalue weighted by atomic mass is 16.2. The molecule has 0 bridgehead atoms. The first-order chi connectivity index (χ1) is 13.7. The molecule has 0 radical (unpaired) electrons. The maximum Gasteiger partial charge on any atom is 0.254 e. The number of carbonyl (C=O) groups is 1. The lowest BCUT2D eigenvalue weighted by molar-refractivity contribution is 0.0781. The maximum atomic E-state index is 13.0. The third kappa shape index (κ3) is 2.91. The van der Waals surface area contributed by atoms with Crippen LogP contribution in [0.3, 0.4) is 0 Å². The van der Waals surface area contributed by atoms with E-state index in [1.165, 1.54) is 0 Å². The van der Waals surface area contributed by atoms with Crippen molar-refractivity contribution in [2.24, 2.45) is 11.8 Å². The minimum Gasteiger partial charge on any atom is -0.355 e. The van der Waals surface area contributed by atoms with E-state index < -0.39 is 0 Å². The third-order valence-electron chi connectivity index (χ3n) is 6.16. The molecule has 2 fully saturated rings. The van der Waals surface area contributed by atoms with Crippen molar-refractivity contribution in [3.05, 3.63) is 65.9 Å². The van der Waals surface area contributed by atoms with Gasteiger partial charge in [0, 0.05) is 43.6 Å². The van der Waals surface area contributed by atoms with Crippen molar-refractivity contribution in [3.8, 4) is 0 Å². The minimum absolute atomic E-state index is 0.184. The summed E-state index contributed by atoms with van der Waals surface area (Å²) >= 11 is 0. The summed E-state index contributed by atoms with van der Waals surface area (Å²) in [5.41, 5.74) is 3.86. The molecule has 2 aliphatic rings. The van der Waals surface area contributed by atoms with Gasteiger partial charge in [-0.05, 0) is 30.2 Å². The van der Waals surface area contributed by atoms with Gasteiger partial charge in [0.1, 0.15) is 5.82 Å². The summed E-state index contributed by atoms with van der Waals surface area (Å²) < 4.78 is 0. The molecular weight excluding hydrogens is 348 g/mol. The van der Waals surface area contributed by atoms with Crippen LogP contribution in [0, 0.1) is 11.8 Å². The standard InChI is InChI=1S/C23H24N4O/c1-2-16-7-3-4-8-19(16)23(28)27-14-17-12-26(13-18(17)15-27)22-11-24-20-9-5-6-10-21(20)25-22/h3-11,17-18H,2,12-15H2,1H3. The number of aromatic nitrogens is 2. The Morgan fingerprint density at radius 3 is 2.39 bits per heavy atom. The number of hydrogen-bond acceptors (Lipinski definition) is 4. The Labute approximate surface area is 165 Å². The average Bonchev–Trinajstić information content (AvgIpc) is 3.32. The van der Waals surface area contributed by atoms with Gasteiger partial charge in [-0.1, -0.05) is 37.3 Å². The molecule has 2 aromatic carbocycles. The predicted octanol–water partition coefficient (Wildman–Crippen LogP) is 3.40. The van der Waals surface area contributed by atoms with E-state index in [0.717, 1.165) is 60.6 Å². The fourth-order valence-corrected chi connectivity index (χ4v) is 4.65. The molecule has 28 heavy (non-hydrogen) atoms. The number of fused-ring (bicyclic) bond motifs is 2. The second kappa shape index (κ2) is 6.89. The summed E-state index contributed by atoms with van der Waals surface area (Å²) in [5.74, 6) is 2.14. The first-order valence-electron chi connectivity index (χ1n) is 10.1. The van der Waals surface area contributed by atoms with Gasteiger partial charge >= 0.3 is 0 Å². The highest BCUT2D eigenvalue weighted by molar-refractivity contribution is 5.96. The summed E-state index contributed by atoms with van der Waals surface area (Å²) in [4.78, 5) is 26.8. The van der Waals surface area contributed by atoms with Gasteiger partial charge in [0.15, 0.2) is 0 Å². The van der Waals surface area contributed by atoms with Gasteiger partial charge in [-0.2, -0.15) is 0 Å². The number of hydrogen-bond donors (Lipinski definition) is 0. The molecule has 2 unspecified atom stereocenters. The largest absolute Gasteiger partial charge is 0.355 e. The van der Waals surface area contributed by atoms with Gasteiger partial charge in [-0.3, -0.25) is 9.78 Å². The number of para-hydroxylation sites is 2. The van der Waals surface area contributed by atoms with Crippen LogP contribution in [-0.4, -0.2) is 47.0 Å². The van der Waals surface area contributed by atoms with Crippen LogP contribution < -0.4 is 4.90 Å². The Balaban J connectivity index is 1.30. The second-order valence-corrected chi connectivity index (χ2v) is 7.86. The maximum absolute atomic E-state index is 13.0. The van der Waals surface area contributed by atoms with Crippen molar-refractivity contribution in [1.29, 1.82) is 0 Å². The molecular formula is C23H24N4O. The van der Waals surface area contributed by atoms with E-state index in [2.05, 4.69) is 22.9 Å². The zero-order valence-corrected chi connectivity index (χ0v) is 16.1. The lowest BCUT2D eigenvalue weighted by Gasteiger charge is -2.23. The average molecular weight is 372 g/mol. The normalized spacial score (nSPS) is 21.3. The Kier molecular flexibility index (Phi) is 4.23. The molecule has 0 aliphatic carbocycles. The van der Waals surface area contributed by atoms with Crippen LogP contribution >= 0.6 is 0 Å². The number of nitrogens with zero attached hydrogens (tertiary/aromatic N) is 4. The molecule has 1 amide bonds. The number of rotatable bonds is 3. The fourth-order valence-electron chi connectivity index (χ4n) is 4.65. The summed E-state index contributed by atoms with van der Waals surface area (Å²) in [6, 6.07) is 16.0. The number of benzene rings is 2. The lowest BCUT2D eigenvalue weighted by atomic mass is 10.0. The van der Waals surface area contributed by atoms with Crippen molar-refractivity contribution >= 4 is 22.8 Å². The molecule has 2 atom stereocenters. The zero-order valence-electron chi connectivity index (χ0n) is 16.1. The van der Waals surface area contributed by atoms with Gasteiger partial charge in [-0.25, -0.2) is 4.98 Å². The van der Waals surface area contributed by atoms with Crippen LogP contribution in [0.4, 0.5) is 5.82 Å². The van der Waals surface area contributed by atoms with Gasteiger partial charge in [0.25, 0.3) is 5.91 Å². The Morgan fingerprint density at radius 1 is 0.964 bits per heavy atom. The quantitative estimate of drug-likeness (QED) is 0.707. The highest BCUT2D eigenvalue weighted by Crippen LogP contribution is 2.34. The molecule has 3 heterocycles. The van der Waals surface area contributed by atoms with Crippen molar-refractivity contribution in [1.82, 2.24) is 14.9 Å². The highest BCUT2D eigenvalue weighted by Gasteiger charge is 2.42. The number of anilines is 1. The van der Waals surface area contributed by atoms with E-state index in [9.17, 15) is 4.79 Å². The van der Waals surface area contributed by atoms with Gasteiger partial charge in [-0.15, -0.1) is 0 Å². The van der Waals surface area contributed by atoms with E-state index in [1.807, 2.05) is 53.6 Å². The molecule has 0 spiro atoms. The van der Waals surface area contributed by atoms with E-state index in [1.54, 1.807) is 0 Å². The zero-order chi connectivity index (χ0) is 19.1. The molecule has 2 aliphatic heterocycles. The predicted molar refractivity (Wildman–Crippen MR) is 110 cm³/mol. The second-order valence-electron chi connectivity index (χ2n) is 7.86. The molecule has 0 N–H and O–H groups in total. The first kappa shape index (κ1) is 17.2. The molecule has 5 nitrogen and oxygen atoms in total. The number of amides is 1. The van der Waals surface area contributed by atoms with Crippen molar-refractivity contribution in [2.75, 3.05) is 31.1 Å². The lowest BCUT2D eigenvalue weighted by Crippen LogP contribution is -2.34. The van der Waals surface area contributed by atoms with Crippen LogP contribution in [0.1, 0.15) is 22.8 Å². The van der Waals surface area contributed by atoms with Crippen molar-refractivity contribution in [2.45, 2.75) is 13.3 Å². The summed E-state index contributed by atoms with van der Waals surface area (Å²) in [7, 11) is 0. The van der Waals surface area contributed by atoms with Gasteiger partial charge in [0.2, 0.25) is 0 Å². The number of aryl methyl sites for hydroxylation is 1. The van der Waals surface area contributed by atoms with E-state index in [-0.39, 0.29) is 5.91 Å². The Morgan fingerprint density at radius 2 is 1.64 bits per heavy atom. The molecule has 2 saturated heterocycles. The molecule has 5 heteroatoms. The van der Waals surface area contributed by atoms with Crippen LogP contribution in [0.25, 0.3) is 11.0 Å². The molecule has 3 aromatic rings. The number of likely N-dealkylation sites (tertiary alicyclic amines) is 1. The van der Waals surface area contributed by atoms with Gasteiger partial charge in [0.05, 0.1) is 17.2 Å². The molecule has 5 rings (SSSR count). The molecule has 1 aromatic heterocycles. The van der Waals surface area contributed by atoms with Crippen molar-refractivity contribution in [3.63, 3.8) is 0 Å². The van der Waals surface area contributed by atoms with E-state index >= 15 is 0 Å². The topological polar surface area (TPSA) is 49.3 Å². The smallest absolute Gasteiger partial charge is 0.254 e. The van der Waals surface area contributed by atoms with Gasteiger partial charge < -0.3 is 9.80 Å². The minimum atomic E-state index is 0.184. The van der Waals surface area contributed by atoms with Crippen LogP contribution in [0.2, 0.25) is 0 Å². The van der Waals surface area contributed by atoms with Crippen molar-refractivity contribution < 1.29 is 4.79 Å². The summed E-state index contributed by atoms with van der Waals surface area (Å²) in [6.07, 6.45) is 2.76. The molecule has 0 saturated carbocycles. The van der Waals surface area contributed by atoms with Crippen LogP contribution in [0.5, 0.6) is 0 Å². The SMILES string of the molecule is CCc1ccccc1C(=O)N1CC2CN(c3cnc4ccccc4n3)CC2C1. The monoisotopic (exact) mass is 372 g/mol. The number of carbonyl (C=O) groups excluding carboxylic acids is 1. The first-order valence-corrected chi connectivity index (χ1v) is 10.1. The van der Waals surface area contributed by atoms with E-state index in [0.29, 0.717) is 11.8 Å². The third-order valence-corrected chi connectivity index (χ3v) is 6.16. The Bertz CT molecular complexity index is 1020. The van der Waals surface area contributed by atoms with Crippen LogP contribution in [-0.2, 0) is 6.42 Å². The van der Waals surface area contributed by atoms with Crippen LogP contribution in [0.15, 0.2) is 54.7 Å². The Hall–Kier alpha value is -2.95.